The molecule has 1 aromatic rings. The Kier molecular flexibility index (Phi) is 5.08. The lowest BCUT2D eigenvalue weighted by atomic mass is 10.1. The highest BCUT2D eigenvalue weighted by molar-refractivity contribution is 5.97. The zero-order valence-electron chi connectivity index (χ0n) is 12.7. The number of hydrogen-bond acceptors (Lipinski definition) is 2. The number of nitrogens with one attached hydrogen (secondary N) is 1. The highest BCUT2D eigenvalue weighted by Crippen LogP contribution is 2.16. The van der Waals surface area contributed by atoms with E-state index in [1.165, 1.54) is 11.1 Å². The smallest absolute Gasteiger partial charge is 0.268 e. The summed E-state index contributed by atoms with van der Waals surface area (Å²) in [5.41, 5.74) is 3.68. The van der Waals surface area contributed by atoms with Gasteiger partial charge in [-0.15, -0.1) is 0 Å². The Labute approximate surface area is 120 Å². The summed E-state index contributed by atoms with van der Waals surface area (Å²) in [4.78, 5) is 24.3. The third kappa shape index (κ3) is 4.23. The van der Waals surface area contributed by atoms with Gasteiger partial charge < -0.3 is 0 Å². The number of amides is 2. The molecule has 0 radical (unpaired) electrons. The maximum atomic E-state index is 12.6. The molecule has 0 spiro atoms. The van der Waals surface area contributed by atoms with Crippen molar-refractivity contribution in [3.8, 4) is 0 Å². The summed E-state index contributed by atoms with van der Waals surface area (Å²) in [6.45, 7) is 9.30. The van der Waals surface area contributed by atoms with E-state index in [-0.39, 0.29) is 11.8 Å². The molecule has 4 nitrogen and oxygen atoms in total. The van der Waals surface area contributed by atoms with Crippen molar-refractivity contribution >= 4 is 11.8 Å². The maximum absolute atomic E-state index is 12.6. The lowest BCUT2D eigenvalue weighted by Gasteiger charge is -2.35. The first-order valence-corrected chi connectivity index (χ1v) is 6.60. The monoisotopic (exact) mass is 274 g/mol. The molecule has 20 heavy (non-hydrogen) atoms. The summed E-state index contributed by atoms with van der Waals surface area (Å²) in [5.74, 6) is -0.539. The average Bonchev–Trinajstić information content (AvgIpc) is 2.34. The molecule has 0 aliphatic carbocycles. The second kappa shape index (κ2) is 6.37. The third-order valence-corrected chi connectivity index (χ3v) is 2.68. The van der Waals surface area contributed by atoms with E-state index >= 15 is 0 Å². The fourth-order valence-corrected chi connectivity index (χ4v) is 1.73. The summed E-state index contributed by atoms with van der Waals surface area (Å²) < 4.78 is 0. The predicted molar refractivity (Wildman–Crippen MR) is 80.1 cm³/mol. The van der Waals surface area contributed by atoms with Crippen LogP contribution in [0, 0.1) is 6.92 Å². The summed E-state index contributed by atoms with van der Waals surface area (Å²) in [5, 5.41) is 1.37. The van der Waals surface area contributed by atoms with Gasteiger partial charge in [-0.1, -0.05) is 23.8 Å². The van der Waals surface area contributed by atoms with Crippen molar-refractivity contribution in [2.24, 2.45) is 0 Å². The molecule has 1 rings (SSSR count). The lowest BCUT2D eigenvalue weighted by molar-refractivity contribution is -0.122. The fraction of sp³-hybridized carbons (Fsp3) is 0.375. The van der Waals surface area contributed by atoms with E-state index in [4.69, 9.17) is 0 Å². The van der Waals surface area contributed by atoms with Gasteiger partial charge in [0.1, 0.15) is 0 Å². The number of hydrogen-bond donors (Lipinski definition) is 1. The van der Waals surface area contributed by atoms with Gasteiger partial charge in [0.25, 0.3) is 11.8 Å². The van der Waals surface area contributed by atoms with Crippen LogP contribution in [0.2, 0.25) is 0 Å². The molecule has 0 unspecified atom stereocenters. The number of benzene rings is 1. The lowest BCUT2D eigenvalue weighted by Crippen LogP contribution is -2.55. The van der Waals surface area contributed by atoms with Crippen molar-refractivity contribution < 1.29 is 9.59 Å². The van der Waals surface area contributed by atoms with Crippen molar-refractivity contribution in [3.05, 3.63) is 47.5 Å². The first-order chi connectivity index (χ1) is 9.25. The molecular formula is C16H22N2O2. The molecule has 108 valence electrons. The molecule has 0 fully saturated rings. The molecule has 0 heterocycles. The van der Waals surface area contributed by atoms with Gasteiger partial charge in [-0.25, -0.2) is 5.01 Å². The Morgan fingerprint density at radius 1 is 1.25 bits per heavy atom. The van der Waals surface area contributed by atoms with Gasteiger partial charge >= 0.3 is 0 Å². The van der Waals surface area contributed by atoms with Gasteiger partial charge in [0.15, 0.2) is 0 Å². The predicted octanol–water partition coefficient (Wildman–Crippen LogP) is 2.84. The fourth-order valence-electron chi connectivity index (χ4n) is 1.73. The molecule has 2 amide bonds. The molecular weight excluding hydrogens is 252 g/mol. The van der Waals surface area contributed by atoms with E-state index in [0.29, 0.717) is 5.56 Å². The average molecular weight is 274 g/mol. The van der Waals surface area contributed by atoms with Gasteiger partial charge in [0.2, 0.25) is 0 Å². The minimum atomic E-state index is -0.516. The largest absolute Gasteiger partial charge is 0.272 e. The highest BCUT2D eigenvalue weighted by Gasteiger charge is 2.28. The Bertz CT molecular complexity index is 528. The zero-order valence-corrected chi connectivity index (χ0v) is 12.7. The van der Waals surface area contributed by atoms with Crippen molar-refractivity contribution in [1.82, 2.24) is 10.4 Å². The van der Waals surface area contributed by atoms with Gasteiger partial charge in [-0.2, -0.15) is 0 Å². The van der Waals surface area contributed by atoms with E-state index in [1.807, 2.05) is 45.9 Å². The summed E-state index contributed by atoms with van der Waals surface area (Å²) in [6, 6.07) is 7.31. The van der Waals surface area contributed by atoms with Crippen LogP contribution in [0.25, 0.3) is 0 Å². The van der Waals surface area contributed by atoms with E-state index < -0.39 is 5.54 Å². The quantitative estimate of drug-likeness (QED) is 0.666. The number of nitrogens with zero attached hydrogens (tertiary/aromatic N) is 1. The van der Waals surface area contributed by atoms with E-state index in [0.717, 1.165) is 5.56 Å². The number of hydrazine groups is 1. The van der Waals surface area contributed by atoms with E-state index in [1.54, 1.807) is 19.1 Å². The van der Waals surface area contributed by atoms with Crippen LogP contribution in [-0.2, 0) is 4.79 Å². The van der Waals surface area contributed by atoms with E-state index in [9.17, 15) is 9.59 Å². The van der Waals surface area contributed by atoms with Crippen LogP contribution in [0.15, 0.2) is 36.4 Å². The molecule has 0 saturated carbocycles. The molecule has 0 saturated heterocycles. The van der Waals surface area contributed by atoms with Crippen molar-refractivity contribution in [3.63, 3.8) is 0 Å². The van der Waals surface area contributed by atoms with E-state index in [2.05, 4.69) is 5.43 Å². The topological polar surface area (TPSA) is 49.4 Å². The second-order valence-corrected chi connectivity index (χ2v) is 5.66. The van der Waals surface area contributed by atoms with Crippen molar-refractivity contribution in [2.45, 2.75) is 40.2 Å². The molecule has 0 aromatic heterocycles. The van der Waals surface area contributed by atoms with Crippen LogP contribution in [0.5, 0.6) is 0 Å². The number of allylic oxidation sites excluding steroid dienone is 1. The summed E-state index contributed by atoms with van der Waals surface area (Å²) in [7, 11) is 0. The Morgan fingerprint density at radius 3 is 2.40 bits per heavy atom. The van der Waals surface area contributed by atoms with Crippen LogP contribution in [0.1, 0.15) is 43.6 Å². The summed E-state index contributed by atoms with van der Waals surface area (Å²) >= 11 is 0. The Hall–Kier alpha value is -2.10. The third-order valence-electron chi connectivity index (χ3n) is 2.68. The van der Waals surface area contributed by atoms with Crippen LogP contribution < -0.4 is 5.43 Å². The molecule has 1 aromatic carbocycles. The SMILES string of the molecule is C/C=C/C(=O)NN(C(=O)c1cccc(C)c1)C(C)(C)C. The number of aryl methyl sites for hydroxylation is 1. The molecule has 4 heteroatoms. The zero-order chi connectivity index (χ0) is 15.3. The number of carbonyl (C=O) groups is 2. The normalized spacial score (nSPS) is 11.4. The minimum absolute atomic E-state index is 0.223. The van der Waals surface area contributed by atoms with Gasteiger partial charge in [-0.3, -0.25) is 15.0 Å². The second-order valence-electron chi connectivity index (χ2n) is 5.66. The molecule has 0 bridgehead atoms. The van der Waals surface area contributed by atoms with Crippen LogP contribution in [0.4, 0.5) is 0 Å². The summed E-state index contributed by atoms with van der Waals surface area (Å²) in [6.07, 6.45) is 3.02. The molecule has 1 N–H and O–H groups in total. The van der Waals surface area contributed by atoms with Crippen LogP contribution in [-0.4, -0.2) is 22.4 Å². The molecule has 0 aliphatic heterocycles. The molecule has 0 aliphatic rings. The minimum Gasteiger partial charge on any atom is -0.268 e. The standard InChI is InChI=1S/C16H22N2O2/c1-6-8-14(19)17-18(16(3,4)5)15(20)13-10-7-9-12(2)11-13/h6-11H,1-5H3,(H,17,19)/b8-6+. The van der Waals surface area contributed by atoms with Gasteiger partial charge in [0.05, 0.1) is 5.54 Å². The first kappa shape index (κ1) is 16.0. The highest BCUT2D eigenvalue weighted by atomic mass is 16.2. The van der Waals surface area contributed by atoms with Crippen LogP contribution >= 0.6 is 0 Å². The number of rotatable bonds is 2. The van der Waals surface area contributed by atoms with Crippen LogP contribution in [0.3, 0.4) is 0 Å². The van der Waals surface area contributed by atoms with Crippen molar-refractivity contribution in [2.75, 3.05) is 0 Å². The Balaban J connectivity index is 3.05. The molecule has 0 atom stereocenters. The first-order valence-electron chi connectivity index (χ1n) is 6.60. The maximum Gasteiger partial charge on any atom is 0.272 e. The van der Waals surface area contributed by atoms with Gasteiger partial charge in [-0.05, 0) is 46.8 Å². The number of carbonyl (C=O) groups excluding carboxylic acids is 2. The Morgan fingerprint density at radius 2 is 1.90 bits per heavy atom. The van der Waals surface area contributed by atoms with Crippen molar-refractivity contribution in [1.29, 1.82) is 0 Å². The van der Waals surface area contributed by atoms with Gasteiger partial charge in [0, 0.05) is 11.6 Å².